The molecule has 1 heterocycles. The second-order valence-corrected chi connectivity index (χ2v) is 6.04. The Bertz CT molecular complexity index is 851. The van der Waals surface area contributed by atoms with Crippen LogP contribution in [0.1, 0.15) is 18.9 Å². The molecule has 0 saturated carbocycles. The summed E-state index contributed by atoms with van der Waals surface area (Å²) in [5.41, 5.74) is 1.56. The van der Waals surface area contributed by atoms with Crippen molar-refractivity contribution in [2.24, 2.45) is 0 Å². The summed E-state index contributed by atoms with van der Waals surface area (Å²) >= 11 is 0. The number of imide groups is 1. The highest BCUT2D eigenvalue weighted by atomic mass is 19.1. The van der Waals surface area contributed by atoms with E-state index in [9.17, 15) is 18.8 Å². The maximum atomic E-state index is 12.9. The summed E-state index contributed by atoms with van der Waals surface area (Å²) in [7, 11) is 0. The molecule has 2 aromatic rings. The van der Waals surface area contributed by atoms with E-state index in [1.165, 1.54) is 12.1 Å². The second kappa shape index (κ2) is 7.35. The van der Waals surface area contributed by atoms with Gasteiger partial charge in [0.1, 0.15) is 11.9 Å². The lowest BCUT2D eigenvalue weighted by molar-refractivity contribution is -0.118. The van der Waals surface area contributed by atoms with Gasteiger partial charge in [-0.25, -0.2) is 14.1 Å². The minimum Gasteiger partial charge on any atom is -0.326 e. The first kappa shape index (κ1) is 17.6. The molecule has 1 unspecified atom stereocenters. The highest BCUT2D eigenvalue weighted by Gasteiger charge is 2.37. The Morgan fingerprint density at radius 2 is 1.85 bits per heavy atom. The van der Waals surface area contributed by atoms with Gasteiger partial charge in [-0.2, -0.15) is 0 Å². The molecule has 0 spiro atoms. The highest BCUT2D eigenvalue weighted by molar-refractivity contribution is 6.23. The number of hydrogen-bond acceptors (Lipinski definition) is 3. The third kappa shape index (κ3) is 3.72. The molecule has 6 nitrogen and oxygen atoms in total. The van der Waals surface area contributed by atoms with Crippen molar-refractivity contribution in [2.45, 2.75) is 25.8 Å². The number of nitrogens with zero attached hydrogens (tertiary/aromatic N) is 1. The standard InChI is InChI=1S/C19H18FN3O3/c1-12-18(25)23(19(26)21-12)16-5-3-2-4-15(16)22-17(24)11-8-13-6-9-14(20)10-7-13/h2-7,9-10,12H,8,11H2,1H3,(H,21,26)(H,22,24). The number of halogens is 1. The van der Waals surface area contributed by atoms with Gasteiger partial charge in [-0.15, -0.1) is 0 Å². The number of hydrogen-bond donors (Lipinski definition) is 2. The number of benzene rings is 2. The quantitative estimate of drug-likeness (QED) is 0.810. The van der Waals surface area contributed by atoms with E-state index in [-0.39, 0.29) is 24.1 Å². The zero-order chi connectivity index (χ0) is 18.7. The van der Waals surface area contributed by atoms with Crippen molar-refractivity contribution in [3.05, 3.63) is 59.9 Å². The molecule has 1 fully saturated rings. The van der Waals surface area contributed by atoms with Crippen LogP contribution in [0.15, 0.2) is 48.5 Å². The molecule has 4 amide bonds. The van der Waals surface area contributed by atoms with Gasteiger partial charge >= 0.3 is 6.03 Å². The van der Waals surface area contributed by atoms with Crippen molar-refractivity contribution in [1.29, 1.82) is 0 Å². The summed E-state index contributed by atoms with van der Waals surface area (Å²) in [4.78, 5) is 37.5. The fourth-order valence-electron chi connectivity index (χ4n) is 2.73. The predicted molar refractivity (Wildman–Crippen MR) is 95.3 cm³/mol. The van der Waals surface area contributed by atoms with Gasteiger partial charge in [-0.1, -0.05) is 24.3 Å². The van der Waals surface area contributed by atoms with Crippen molar-refractivity contribution in [3.8, 4) is 0 Å². The fourth-order valence-corrected chi connectivity index (χ4v) is 2.73. The number of rotatable bonds is 5. The van der Waals surface area contributed by atoms with Gasteiger partial charge in [0, 0.05) is 6.42 Å². The van der Waals surface area contributed by atoms with Gasteiger partial charge in [-0.05, 0) is 43.2 Å². The predicted octanol–water partition coefficient (Wildman–Crippen LogP) is 2.84. The zero-order valence-electron chi connectivity index (χ0n) is 14.2. The van der Waals surface area contributed by atoms with Crippen LogP contribution in [0.4, 0.5) is 20.6 Å². The summed E-state index contributed by atoms with van der Waals surface area (Å²) in [5.74, 6) is -0.959. The van der Waals surface area contributed by atoms with Crippen LogP contribution in [0.25, 0.3) is 0 Å². The Balaban J connectivity index is 1.70. The molecule has 7 heteroatoms. The molecule has 134 valence electrons. The van der Waals surface area contributed by atoms with E-state index in [0.29, 0.717) is 17.8 Å². The van der Waals surface area contributed by atoms with Crippen molar-refractivity contribution in [1.82, 2.24) is 5.32 Å². The summed E-state index contributed by atoms with van der Waals surface area (Å²) in [6.45, 7) is 1.60. The summed E-state index contributed by atoms with van der Waals surface area (Å²) in [6, 6.07) is 11.5. The first-order valence-electron chi connectivity index (χ1n) is 8.23. The van der Waals surface area contributed by atoms with Gasteiger partial charge < -0.3 is 10.6 Å². The normalized spacial score (nSPS) is 16.5. The molecule has 0 aliphatic carbocycles. The molecule has 2 N–H and O–H groups in total. The smallest absolute Gasteiger partial charge is 0.326 e. The maximum absolute atomic E-state index is 12.9. The fraction of sp³-hybridized carbons (Fsp3) is 0.211. The molecule has 0 bridgehead atoms. The molecular formula is C19H18FN3O3. The van der Waals surface area contributed by atoms with E-state index in [0.717, 1.165) is 10.5 Å². The maximum Gasteiger partial charge on any atom is 0.329 e. The molecule has 2 aromatic carbocycles. The number of amides is 4. The van der Waals surface area contributed by atoms with Crippen LogP contribution in [0.5, 0.6) is 0 Å². The Labute approximate surface area is 150 Å². The van der Waals surface area contributed by atoms with Crippen LogP contribution in [0, 0.1) is 5.82 Å². The molecule has 0 radical (unpaired) electrons. The van der Waals surface area contributed by atoms with Crippen molar-refractivity contribution in [3.63, 3.8) is 0 Å². The SMILES string of the molecule is CC1NC(=O)N(c2ccccc2NC(=O)CCc2ccc(F)cc2)C1=O. The number of para-hydroxylation sites is 2. The van der Waals surface area contributed by atoms with Crippen LogP contribution in [0.3, 0.4) is 0 Å². The summed E-state index contributed by atoms with van der Waals surface area (Å²) < 4.78 is 12.9. The summed E-state index contributed by atoms with van der Waals surface area (Å²) in [6.07, 6.45) is 0.644. The van der Waals surface area contributed by atoms with E-state index in [1.807, 2.05) is 0 Å². The first-order valence-corrected chi connectivity index (χ1v) is 8.23. The first-order chi connectivity index (χ1) is 12.5. The van der Waals surface area contributed by atoms with Crippen LogP contribution >= 0.6 is 0 Å². The van der Waals surface area contributed by atoms with Crippen molar-refractivity contribution in [2.75, 3.05) is 10.2 Å². The van der Waals surface area contributed by atoms with Crippen molar-refractivity contribution < 1.29 is 18.8 Å². The number of nitrogens with one attached hydrogen (secondary N) is 2. The number of aryl methyl sites for hydroxylation is 1. The van der Waals surface area contributed by atoms with Crippen LogP contribution in [0.2, 0.25) is 0 Å². The average molecular weight is 355 g/mol. The Hall–Kier alpha value is -3.22. The number of carbonyl (C=O) groups is 3. The molecule has 0 aromatic heterocycles. The molecule has 1 saturated heterocycles. The molecule has 1 aliphatic heterocycles. The van der Waals surface area contributed by atoms with Gasteiger partial charge in [0.2, 0.25) is 5.91 Å². The number of anilines is 2. The Morgan fingerprint density at radius 3 is 2.50 bits per heavy atom. The minimum absolute atomic E-state index is 0.191. The van der Waals surface area contributed by atoms with E-state index < -0.39 is 12.1 Å². The van der Waals surface area contributed by atoms with E-state index in [4.69, 9.17) is 0 Å². The highest BCUT2D eigenvalue weighted by Crippen LogP contribution is 2.28. The molecule has 26 heavy (non-hydrogen) atoms. The third-order valence-corrected chi connectivity index (χ3v) is 4.11. The van der Waals surface area contributed by atoms with Crippen molar-refractivity contribution >= 4 is 29.2 Å². The molecule has 1 atom stereocenters. The summed E-state index contributed by atoms with van der Waals surface area (Å²) in [5, 5.41) is 5.28. The topological polar surface area (TPSA) is 78.5 Å². The third-order valence-electron chi connectivity index (χ3n) is 4.11. The largest absolute Gasteiger partial charge is 0.329 e. The van der Waals surface area contributed by atoms with E-state index in [1.54, 1.807) is 43.3 Å². The monoisotopic (exact) mass is 355 g/mol. The minimum atomic E-state index is -0.607. The second-order valence-electron chi connectivity index (χ2n) is 6.04. The molecule has 3 rings (SSSR count). The van der Waals surface area contributed by atoms with Gasteiger partial charge in [0.15, 0.2) is 0 Å². The van der Waals surface area contributed by atoms with E-state index >= 15 is 0 Å². The van der Waals surface area contributed by atoms with E-state index in [2.05, 4.69) is 10.6 Å². The van der Waals surface area contributed by atoms with Gasteiger partial charge in [-0.3, -0.25) is 9.59 Å². The molecule has 1 aliphatic rings. The Morgan fingerprint density at radius 1 is 1.15 bits per heavy atom. The lowest BCUT2D eigenvalue weighted by atomic mass is 10.1. The number of carbonyl (C=O) groups excluding carboxylic acids is 3. The average Bonchev–Trinajstić information content (AvgIpc) is 2.87. The van der Waals surface area contributed by atoms with Gasteiger partial charge in [0.05, 0.1) is 11.4 Å². The van der Waals surface area contributed by atoms with Crippen LogP contribution in [-0.4, -0.2) is 23.9 Å². The van der Waals surface area contributed by atoms with Gasteiger partial charge in [0.25, 0.3) is 5.91 Å². The van der Waals surface area contributed by atoms with Crippen LogP contribution in [-0.2, 0) is 16.0 Å². The zero-order valence-corrected chi connectivity index (χ0v) is 14.2. The Kier molecular flexibility index (Phi) is 4.97. The number of urea groups is 1. The lowest BCUT2D eigenvalue weighted by Crippen LogP contribution is -2.32. The molecular weight excluding hydrogens is 337 g/mol. The van der Waals surface area contributed by atoms with Crippen LogP contribution < -0.4 is 15.5 Å². The lowest BCUT2D eigenvalue weighted by Gasteiger charge is -2.17.